The van der Waals surface area contributed by atoms with E-state index in [0.29, 0.717) is 11.5 Å². The SMILES string of the molecule is O[C@@H](CNc1ccc2nnnn2n1)c1ccccc1F. The molecular formula is C12H11FN6O. The van der Waals surface area contributed by atoms with E-state index in [0.717, 1.165) is 0 Å². The summed E-state index contributed by atoms with van der Waals surface area (Å²) in [6, 6.07) is 9.47. The van der Waals surface area contributed by atoms with Gasteiger partial charge in [-0.2, -0.15) is 0 Å². The molecule has 102 valence electrons. The minimum Gasteiger partial charge on any atom is -0.386 e. The first kappa shape index (κ1) is 12.4. The molecular weight excluding hydrogens is 263 g/mol. The molecule has 0 unspecified atom stereocenters. The highest BCUT2D eigenvalue weighted by Crippen LogP contribution is 2.17. The van der Waals surface area contributed by atoms with E-state index >= 15 is 0 Å². The van der Waals surface area contributed by atoms with Gasteiger partial charge in [-0.05, 0) is 28.6 Å². The molecule has 0 aliphatic rings. The molecule has 0 amide bonds. The maximum atomic E-state index is 13.5. The first-order valence-corrected chi connectivity index (χ1v) is 5.96. The summed E-state index contributed by atoms with van der Waals surface area (Å²) in [7, 11) is 0. The lowest BCUT2D eigenvalue weighted by atomic mass is 10.1. The molecule has 8 heteroatoms. The second kappa shape index (κ2) is 5.17. The molecule has 0 saturated heterocycles. The third-order valence-corrected chi connectivity index (χ3v) is 2.81. The Bertz CT molecular complexity index is 731. The van der Waals surface area contributed by atoms with Crippen molar-refractivity contribution in [2.75, 3.05) is 11.9 Å². The molecule has 3 rings (SSSR count). The monoisotopic (exact) mass is 274 g/mol. The zero-order valence-corrected chi connectivity index (χ0v) is 10.3. The second-order valence-electron chi connectivity index (χ2n) is 4.16. The van der Waals surface area contributed by atoms with Gasteiger partial charge in [0.15, 0.2) is 5.65 Å². The van der Waals surface area contributed by atoms with Crippen molar-refractivity contribution < 1.29 is 9.50 Å². The second-order valence-corrected chi connectivity index (χ2v) is 4.16. The van der Waals surface area contributed by atoms with Crippen molar-refractivity contribution in [2.45, 2.75) is 6.10 Å². The van der Waals surface area contributed by atoms with Crippen molar-refractivity contribution in [3.8, 4) is 0 Å². The van der Waals surface area contributed by atoms with E-state index in [1.54, 1.807) is 30.3 Å². The first-order valence-electron chi connectivity index (χ1n) is 5.96. The smallest absolute Gasteiger partial charge is 0.200 e. The van der Waals surface area contributed by atoms with Crippen LogP contribution in [0.1, 0.15) is 11.7 Å². The molecule has 0 bridgehead atoms. The highest BCUT2D eigenvalue weighted by molar-refractivity contribution is 5.42. The summed E-state index contributed by atoms with van der Waals surface area (Å²) in [6.45, 7) is 0.127. The Hall–Kier alpha value is -2.61. The minimum atomic E-state index is -0.970. The van der Waals surface area contributed by atoms with Crippen molar-refractivity contribution in [3.63, 3.8) is 0 Å². The van der Waals surface area contributed by atoms with Crippen LogP contribution in [-0.4, -0.2) is 36.9 Å². The summed E-state index contributed by atoms with van der Waals surface area (Å²) in [5.41, 5.74) is 0.758. The zero-order chi connectivity index (χ0) is 13.9. The Kier molecular flexibility index (Phi) is 3.21. The topological polar surface area (TPSA) is 88.2 Å². The predicted octanol–water partition coefficient (Wildman–Crippen LogP) is 0.804. The van der Waals surface area contributed by atoms with Crippen molar-refractivity contribution >= 4 is 11.5 Å². The Labute approximate surface area is 113 Å². The summed E-state index contributed by atoms with van der Waals surface area (Å²) in [6.07, 6.45) is -0.970. The quantitative estimate of drug-likeness (QED) is 0.731. The number of halogens is 1. The van der Waals surface area contributed by atoms with Gasteiger partial charge in [-0.1, -0.05) is 18.2 Å². The molecule has 2 aromatic heterocycles. The van der Waals surface area contributed by atoms with Crippen LogP contribution in [-0.2, 0) is 0 Å². The van der Waals surface area contributed by atoms with Gasteiger partial charge < -0.3 is 10.4 Å². The lowest BCUT2D eigenvalue weighted by Crippen LogP contribution is -2.15. The number of hydrogen-bond donors (Lipinski definition) is 2. The van der Waals surface area contributed by atoms with E-state index in [1.807, 2.05) is 0 Å². The van der Waals surface area contributed by atoms with Crippen LogP contribution in [0.25, 0.3) is 5.65 Å². The Balaban J connectivity index is 1.71. The molecule has 2 N–H and O–H groups in total. The maximum Gasteiger partial charge on any atom is 0.200 e. The molecule has 1 aromatic carbocycles. The minimum absolute atomic E-state index is 0.127. The standard InChI is InChI=1S/C12H11FN6O/c13-9-4-2-1-3-8(9)10(20)7-14-11-5-6-12-15-17-18-19(12)16-11/h1-6,10,20H,7H2,(H,14,16)/t10-/m0/s1. The highest BCUT2D eigenvalue weighted by Gasteiger charge is 2.12. The molecule has 2 heterocycles. The van der Waals surface area contributed by atoms with E-state index in [2.05, 4.69) is 25.9 Å². The number of aliphatic hydroxyl groups excluding tert-OH is 1. The maximum absolute atomic E-state index is 13.5. The summed E-state index contributed by atoms with van der Waals surface area (Å²) in [5, 5.41) is 27.8. The highest BCUT2D eigenvalue weighted by atomic mass is 19.1. The van der Waals surface area contributed by atoms with Crippen LogP contribution >= 0.6 is 0 Å². The molecule has 1 atom stereocenters. The fraction of sp³-hybridized carbons (Fsp3) is 0.167. The third-order valence-electron chi connectivity index (χ3n) is 2.81. The normalized spacial score (nSPS) is 12.5. The number of aliphatic hydroxyl groups is 1. The number of benzene rings is 1. The number of tetrazole rings is 1. The number of nitrogens with zero attached hydrogens (tertiary/aromatic N) is 5. The summed E-state index contributed by atoms with van der Waals surface area (Å²) in [4.78, 5) is 0. The molecule has 0 spiro atoms. The van der Waals surface area contributed by atoms with Gasteiger partial charge in [-0.25, -0.2) is 4.39 Å². The van der Waals surface area contributed by atoms with E-state index < -0.39 is 11.9 Å². The molecule has 3 aromatic rings. The van der Waals surface area contributed by atoms with E-state index in [1.165, 1.54) is 10.7 Å². The zero-order valence-electron chi connectivity index (χ0n) is 10.3. The van der Waals surface area contributed by atoms with E-state index in [-0.39, 0.29) is 12.1 Å². The number of hydrogen-bond acceptors (Lipinski definition) is 6. The summed E-state index contributed by atoms with van der Waals surface area (Å²) in [5.74, 6) is 0.0471. The number of anilines is 1. The van der Waals surface area contributed by atoms with E-state index in [4.69, 9.17) is 0 Å². The van der Waals surface area contributed by atoms with Crippen molar-refractivity contribution in [1.82, 2.24) is 25.3 Å². The van der Waals surface area contributed by atoms with Gasteiger partial charge in [-0.15, -0.1) is 14.8 Å². The summed E-state index contributed by atoms with van der Waals surface area (Å²) < 4.78 is 14.8. The average molecular weight is 274 g/mol. The van der Waals surface area contributed by atoms with Crippen LogP contribution < -0.4 is 5.32 Å². The van der Waals surface area contributed by atoms with Crippen molar-refractivity contribution in [3.05, 3.63) is 47.8 Å². The molecule has 20 heavy (non-hydrogen) atoms. The van der Waals surface area contributed by atoms with Gasteiger partial charge in [0.25, 0.3) is 0 Å². The largest absolute Gasteiger partial charge is 0.386 e. The molecule has 0 aliphatic heterocycles. The van der Waals surface area contributed by atoms with Gasteiger partial charge >= 0.3 is 0 Å². The Morgan fingerprint density at radius 2 is 2.10 bits per heavy atom. The van der Waals surface area contributed by atoms with Crippen LogP contribution in [0.15, 0.2) is 36.4 Å². The predicted molar refractivity (Wildman–Crippen MR) is 68.4 cm³/mol. The molecule has 0 radical (unpaired) electrons. The fourth-order valence-corrected chi connectivity index (χ4v) is 1.80. The van der Waals surface area contributed by atoms with Gasteiger partial charge in [0.1, 0.15) is 11.6 Å². The number of rotatable bonds is 4. The van der Waals surface area contributed by atoms with Crippen LogP contribution in [0, 0.1) is 5.82 Å². The lowest BCUT2D eigenvalue weighted by Gasteiger charge is -2.13. The van der Waals surface area contributed by atoms with Gasteiger partial charge in [0, 0.05) is 12.1 Å². The number of nitrogens with one attached hydrogen (secondary N) is 1. The lowest BCUT2D eigenvalue weighted by molar-refractivity contribution is 0.186. The van der Waals surface area contributed by atoms with E-state index in [9.17, 15) is 9.50 Å². The molecule has 0 fully saturated rings. The van der Waals surface area contributed by atoms with Crippen LogP contribution in [0.4, 0.5) is 10.2 Å². The van der Waals surface area contributed by atoms with Gasteiger partial charge in [0.05, 0.1) is 6.10 Å². The number of aromatic nitrogens is 5. The Morgan fingerprint density at radius 1 is 1.25 bits per heavy atom. The van der Waals surface area contributed by atoms with Crippen LogP contribution in [0.5, 0.6) is 0 Å². The van der Waals surface area contributed by atoms with Crippen molar-refractivity contribution in [1.29, 1.82) is 0 Å². The van der Waals surface area contributed by atoms with Gasteiger partial charge in [0.2, 0.25) is 0 Å². The molecule has 7 nitrogen and oxygen atoms in total. The van der Waals surface area contributed by atoms with Crippen molar-refractivity contribution in [2.24, 2.45) is 0 Å². The Morgan fingerprint density at radius 3 is 2.95 bits per heavy atom. The fourth-order valence-electron chi connectivity index (χ4n) is 1.80. The van der Waals surface area contributed by atoms with Crippen LogP contribution in [0.3, 0.4) is 0 Å². The van der Waals surface area contributed by atoms with Gasteiger partial charge in [-0.3, -0.25) is 0 Å². The molecule has 0 saturated carbocycles. The summed E-state index contributed by atoms with van der Waals surface area (Å²) >= 11 is 0. The third kappa shape index (κ3) is 2.41. The van der Waals surface area contributed by atoms with Crippen LogP contribution in [0.2, 0.25) is 0 Å². The average Bonchev–Trinajstić information content (AvgIpc) is 2.92. The number of fused-ring (bicyclic) bond motifs is 1. The first-order chi connectivity index (χ1) is 9.74. The molecule has 0 aliphatic carbocycles.